The van der Waals surface area contributed by atoms with Crippen molar-refractivity contribution in [3.63, 3.8) is 0 Å². The van der Waals surface area contributed by atoms with E-state index in [0.29, 0.717) is 16.4 Å². The summed E-state index contributed by atoms with van der Waals surface area (Å²) < 4.78 is 35.6. The van der Waals surface area contributed by atoms with Crippen LogP contribution in [0.25, 0.3) is 6.08 Å². The van der Waals surface area contributed by atoms with E-state index in [1.54, 1.807) is 49.3 Å². The summed E-state index contributed by atoms with van der Waals surface area (Å²) in [6.07, 6.45) is 1.65. The number of nitrogens with zero attached hydrogens (tertiary/aromatic N) is 2. The molecule has 0 radical (unpaired) electrons. The first-order chi connectivity index (χ1) is 13.6. The van der Waals surface area contributed by atoms with Gasteiger partial charge in [-0.2, -0.15) is 8.42 Å². The first-order valence-corrected chi connectivity index (χ1v) is 10.4. The largest absolute Gasteiger partial charge is 0.493 e. The van der Waals surface area contributed by atoms with E-state index in [9.17, 15) is 13.2 Å². The second-order valence-electron chi connectivity index (χ2n) is 6.50. The molecular formula is C20H20N2O5S2. The number of carbonyl (C=O) groups excluding carboxylic acids is 1. The van der Waals surface area contributed by atoms with Crippen molar-refractivity contribution in [1.29, 1.82) is 0 Å². The summed E-state index contributed by atoms with van der Waals surface area (Å²) in [6, 6.07) is 11.1. The first kappa shape index (κ1) is 20.8. The number of benzene rings is 2. The molecule has 0 saturated carbocycles. The molecular weight excluding hydrogens is 412 g/mol. The lowest BCUT2D eigenvalue weighted by atomic mass is 10.1. The summed E-state index contributed by atoms with van der Waals surface area (Å²) in [5.41, 5.74) is 1.98. The second kappa shape index (κ2) is 7.84. The fourth-order valence-corrected chi connectivity index (χ4v) is 3.88. The van der Waals surface area contributed by atoms with Gasteiger partial charge in [-0.1, -0.05) is 23.8 Å². The molecule has 29 heavy (non-hydrogen) atoms. The lowest BCUT2D eigenvalue weighted by Crippen LogP contribution is -2.26. The van der Waals surface area contributed by atoms with Crippen molar-refractivity contribution in [1.82, 2.24) is 9.80 Å². The maximum Gasteiger partial charge on any atom is 0.339 e. The fraction of sp³-hybridized carbons (Fsp3) is 0.200. The SMILES string of the molecule is COc1cc(/C=C2/C(=O)N(C)C(=S)N2C)ccc1OS(=O)(=O)c1ccc(C)cc1. The molecule has 0 aromatic heterocycles. The summed E-state index contributed by atoms with van der Waals surface area (Å²) in [4.78, 5) is 15.3. The monoisotopic (exact) mass is 432 g/mol. The average Bonchev–Trinajstić information content (AvgIpc) is 2.87. The Hall–Kier alpha value is -2.91. The van der Waals surface area contributed by atoms with E-state index >= 15 is 0 Å². The summed E-state index contributed by atoms with van der Waals surface area (Å²) >= 11 is 5.20. The number of thiocarbonyl (C=S) groups is 1. The zero-order valence-electron chi connectivity index (χ0n) is 16.4. The normalized spacial score (nSPS) is 15.9. The van der Waals surface area contributed by atoms with Gasteiger partial charge in [0, 0.05) is 14.1 Å². The molecule has 2 aromatic rings. The molecule has 1 saturated heterocycles. The molecule has 9 heteroatoms. The minimum atomic E-state index is -4.01. The maximum atomic E-state index is 12.5. The van der Waals surface area contributed by atoms with Crippen molar-refractivity contribution in [3.05, 3.63) is 59.3 Å². The van der Waals surface area contributed by atoms with E-state index in [4.69, 9.17) is 21.1 Å². The van der Waals surface area contributed by atoms with Gasteiger partial charge in [-0.15, -0.1) is 0 Å². The van der Waals surface area contributed by atoms with Crippen LogP contribution < -0.4 is 8.92 Å². The van der Waals surface area contributed by atoms with Gasteiger partial charge < -0.3 is 13.8 Å². The number of methoxy groups -OCH3 is 1. The number of hydrogen-bond acceptors (Lipinski definition) is 6. The van der Waals surface area contributed by atoms with Gasteiger partial charge in [0.05, 0.1) is 7.11 Å². The molecule has 3 rings (SSSR count). The quantitative estimate of drug-likeness (QED) is 0.409. The summed E-state index contributed by atoms with van der Waals surface area (Å²) in [7, 11) is 0.712. The number of amides is 1. The molecule has 1 heterocycles. The van der Waals surface area contributed by atoms with Crippen LogP contribution in [0.5, 0.6) is 11.5 Å². The van der Waals surface area contributed by atoms with Crippen LogP contribution >= 0.6 is 12.2 Å². The smallest absolute Gasteiger partial charge is 0.339 e. The standard InChI is InChI=1S/C20H20N2O5S2/c1-13-5-8-15(9-6-13)29(24,25)27-17-10-7-14(12-18(17)26-4)11-16-19(23)22(3)20(28)21(16)2/h5-12H,1-4H3/b16-11-. The molecule has 0 atom stereocenters. The van der Waals surface area contributed by atoms with Crippen molar-refractivity contribution in [2.24, 2.45) is 0 Å². The highest BCUT2D eigenvalue weighted by Crippen LogP contribution is 2.32. The van der Waals surface area contributed by atoms with Gasteiger partial charge in [-0.05, 0) is 55.0 Å². The first-order valence-electron chi connectivity index (χ1n) is 8.60. The molecule has 7 nitrogen and oxygen atoms in total. The molecule has 0 unspecified atom stereocenters. The number of ether oxygens (including phenoxy) is 1. The Kier molecular flexibility index (Phi) is 5.63. The van der Waals surface area contributed by atoms with Crippen LogP contribution in [0.15, 0.2) is 53.1 Å². The number of aryl methyl sites for hydroxylation is 1. The Labute approximate surface area is 175 Å². The molecule has 1 aliphatic rings. The van der Waals surface area contributed by atoms with Crippen molar-refractivity contribution in [2.45, 2.75) is 11.8 Å². The number of rotatable bonds is 5. The minimum Gasteiger partial charge on any atom is -0.493 e. The van der Waals surface area contributed by atoms with Gasteiger partial charge in [-0.25, -0.2) is 0 Å². The molecule has 0 N–H and O–H groups in total. The molecule has 1 aliphatic heterocycles. The van der Waals surface area contributed by atoms with Gasteiger partial charge in [0.25, 0.3) is 5.91 Å². The Balaban J connectivity index is 1.92. The number of hydrogen-bond donors (Lipinski definition) is 0. The average molecular weight is 433 g/mol. The fourth-order valence-electron chi connectivity index (χ4n) is 2.76. The van der Waals surface area contributed by atoms with Crippen LogP contribution in [0.2, 0.25) is 0 Å². The van der Waals surface area contributed by atoms with E-state index in [0.717, 1.165) is 5.56 Å². The lowest BCUT2D eigenvalue weighted by Gasteiger charge is -2.13. The third-order valence-electron chi connectivity index (χ3n) is 4.46. The predicted octanol–water partition coefficient (Wildman–Crippen LogP) is 2.80. The second-order valence-corrected chi connectivity index (χ2v) is 8.41. The highest BCUT2D eigenvalue weighted by molar-refractivity contribution is 7.87. The maximum absolute atomic E-state index is 12.5. The summed E-state index contributed by atoms with van der Waals surface area (Å²) in [5, 5.41) is 0.400. The highest BCUT2D eigenvalue weighted by Gasteiger charge is 2.32. The third kappa shape index (κ3) is 4.10. The Morgan fingerprint density at radius 1 is 1.00 bits per heavy atom. The van der Waals surface area contributed by atoms with Crippen LogP contribution in [0.3, 0.4) is 0 Å². The Bertz CT molecular complexity index is 1110. The van der Waals surface area contributed by atoms with Gasteiger partial charge in [0.2, 0.25) is 0 Å². The van der Waals surface area contributed by atoms with Crippen LogP contribution in [0.4, 0.5) is 0 Å². The third-order valence-corrected chi connectivity index (χ3v) is 6.26. The van der Waals surface area contributed by atoms with E-state index in [1.807, 2.05) is 6.92 Å². The Morgan fingerprint density at radius 2 is 1.66 bits per heavy atom. The van der Waals surface area contributed by atoms with Crippen LogP contribution in [0.1, 0.15) is 11.1 Å². The van der Waals surface area contributed by atoms with Crippen molar-refractivity contribution in [3.8, 4) is 11.5 Å². The zero-order valence-corrected chi connectivity index (χ0v) is 18.0. The van der Waals surface area contributed by atoms with Crippen LogP contribution in [0, 0.1) is 6.92 Å². The van der Waals surface area contributed by atoms with E-state index in [1.165, 1.54) is 30.2 Å². The topological polar surface area (TPSA) is 76.2 Å². The van der Waals surface area contributed by atoms with Crippen LogP contribution in [-0.4, -0.2) is 50.4 Å². The molecule has 2 aromatic carbocycles. The van der Waals surface area contributed by atoms with Gasteiger partial charge >= 0.3 is 10.1 Å². The molecule has 0 bridgehead atoms. The van der Waals surface area contributed by atoms with E-state index < -0.39 is 10.1 Å². The Morgan fingerprint density at radius 3 is 2.21 bits per heavy atom. The predicted molar refractivity (Wildman–Crippen MR) is 113 cm³/mol. The molecule has 152 valence electrons. The van der Waals surface area contributed by atoms with Crippen LogP contribution in [-0.2, 0) is 14.9 Å². The van der Waals surface area contributed by atoms with Gasteiger partial charge in [0.1, 0.15) is 10.6 Å². The minimum absolute atomic E-state index is 0.0473. The number of carbonyl (C=O) groups is 1. The van der Waals surface area contributed by atoms with Crippen molar-refractivity contribution in [2.75, 3.05) is 21.2 Å². The van der Waals surface area contributed by atoms with Gasteiger partial charge in [0.15, 0.2) is 16.6 Å². The lowest BCUT2D eigenvalue weighted by molar-refractivity contribution is -0.121. The zero-order chi connectivity index (χ0) is 21.3. The molecule has 1 fully saturated rings. The summed E-state index contributed by atoms with van der Waals surface area (Å²) in [6.45, 7) is 1.87. The van der Waals surface area contributed by atoms with Crippen molar-refractivity contribution < 1.29 is 22.1 Å². The number of likely N-dealkylation sites (N-methyl/N-ethyl adjacent to an activating group) is 2. The van der Waals surface area contributed by atoms with E-state index in [2.05, 4.69) is 0 Å². The van der Waals surface area contributed by atoms with Gasteiger partial charge in [-0.3, -0.25) is 9.69 Å². The molecule has 0 spiro atoms. The molecule has 1 amide bonds. The van der Waals surface area contributed by atoms with E-state index in [-0.39, 0.29) is 22.3 Å². The summed E-state index contributed by atoms with van der Waals surface area (Å²) in [5.74, 6) is 0.0479. The highest BCUT2D eigenvalue weighted by atomic mass is 32.2. The molecule has 0 aliphatic carbocycles. The van der Waals surface area contributed by atoms with Crippen molar-refractivity contribution >= 4 is 39.4 Å².